The topological polar surface area (TPSA) is 91.5 Å². The Kier molecular flexibility index (Phi) is 5.89. The van der Waals surface area contributed by atoms with Crippen molar-refractivity contribution < 1.29 is 23.4 Å². The maximum absolute atomic E-state index is 14.6. The van der Waals surface area contributed by atoms with E-state index in [1.165, 1.54) is 35.2 Å². The van der Waals surface area contributed by atoms with Crippen LogP contribution in [0.25, 0.3) is 28.0 Å². The van der Waals surface area contributed by atoms with Crippen molar-refractivity contribution in [2.45, 2.75) is 0 Å². The third-order valence-corrected chi connectivity index (χ3v) is 4.81. The first kappa shape index (κ1) is 21.5. The number of pyridine rings is 1. The zero-order chi connectivity index (χ0) is 22.8. The molecule has 0 spiro atoms. The van der Waals surface area contributed by atoms with Gasteiger partial charge in [0.25, 0.3) is 5.56 Å². The number of nitrogens with zero attached hydrogens (tertiary/aromatic N) is 4. The van der Waals surface area contributed by atoms with Crippen LogP contribution in [0.5, 0.6) is 0 Å². The molecule has 0 fully saturated rings. The van der Waals surface area contributed by atoms with Crippen LogP contribution in [0.1, 0.15) is 0 Å². The molecule has 2 N–H and O–H groups in total. The first-order valence-corrected chi connectivity index (χ1v) is 9.54. The van der Waals surface area contributed by atoms with E-state index in [-0.39, 0.29) is 36.1 Å². The molecule has 0 atom stereocenters. The van der Waals surface area contributed by atoms with E-state index in [0.29, 0.717) is 17.0 Å². The summed E-state index contributed by atoms with van der Waals surface area (Å²) in [4.78, 5) is 22.7. The monoisotopic (exact) mass is 442 g/mol. The number of hydrogen-bond acceptors (Lipinski definition) is 6. The molecule has 0 amide bonds. The van der Waals surface area contributed by atoms with Crippen molar-refractivity contribution in [3.63, 3.8) is 0 Å². The van der Waals surface area contributed by atoms with Gasteiger partial charge in [-0.05, 0) is 30.3 Å². The van der Waals surface area contributed by atoms with E-state index in [9.17, 15) is 28.2 Å². The Bertz CT molecular complexity index is 1360. The summed E-state index contributed by atoms with van der Waals surface area (Å²) in [5.74, 6) is -2.40. The van der Waals surface area contributed by atoms with Gasteiger partial charge in [0, 0.05) is 29.6 Å². The molecular weight excluding hydrogens is 425 g/mol. The zero-order valence-electron chi connectivity index (χ0n) is 16.5. The molecule has 0 saturated heterocycles. The lowest BCUT2D eigenvalue weighted by Gasteiger charge is -2.21. The minimum atomic E-state index is -0.985. The zero-order valence-corrected chi connectivity index (χ0v) is 16.5. The molecule has 2 aromatic carbocycles. The highest BCUT2D eigenvalue weighted by molar-refractivity contribution is 5.92. The predicted molar refractivity (Wildman–Crippen MR) is 112 cm³/mol. The highest BCUT2D eigenvalue weighted by Crippen LogP contribution is 2.29. The molecule has 0 aliphatic rings. The number of halogens is 3. The molecule has 0 aliphatic heterocycles. The van der Waals surface area contributed by atoms with Crippen molar-refractivity contribution in [3.8, 4) is 16.9 Å². The molecular formula is C22H17F3N4O3. The smallest absolute Gasteiger partial charge is 0.256 e. The van der Waals surface area contributed by atoms with Gasteiger partial charge in [-0.15, -0.1) is 0 Å². The van der Waals surface area contributed by atoms with Crippen LogP contribution < -0.4 is 10.5 Å². The molecule has 4 rings (SSSR count). The van der Waals surface area contributed by atoms with Gasteiger partial charge in [-0.1, -0.05) is 12.1 Å². The SMILES string of the molecule is O=c1ccc2c(-c3cccc(F)c3)nc(N(CO)CCO)nc2n1-c1ccc(F)cc1F. The van der Waals surface area contributed by atoms with Gasteiger partial charge >= 0.3 is 0 Å². The highest BCUT2D eigenvalue weighted by Gasteiger charge is 2.19. The Balaban J connectivity index is 2.11. The first-order chi connectivity index (χ1) is 15.4. The second-order valence-corrected chi connectivity index (χ2v) is 6.85. The van der Waals surface area contributed by atoms with Gasteiger partial charge in [-0.3, -0.25) is 9.36 Å². The Morgan fingerprint density at radius 3 is 2.41 bits per heavy atom. The predicted octanol–water partition coefficient (Wildman–Crippen LogP) is 2.61. The summed E-state index contributed by atoms with van der Waals surface area (Å²) in [6.45, 7) is -0.922. The van der Waals surface area contributed by atoms with Crippen LogP contribution >= 0.6 is 0 Å². The molecule has 10 heteroatoms. The number of aliphatic hydroxyl groups excluding tert-OH is 2. The molecule has 0 unspecified atom stereocenters. The van der Waals surface area contributed by atoms with E-state index in [2.05, 4.69) is 9.97 Å². The van der Waals surface area contributed by atoms with Crippen LogP contribution in [0.15, 0.2) is 59.4 Å². The number of rotatable bonds is 6. The summed E-state index contributed by atoms with van der Waals surface area (Å²) in [5.41, 5.74) is -0.351. The van der Waals surface area contributed by atoms with Crippen molar-refractivity contribution in [1.29, 1.82) is 0 Å². The van der Waals surface area contributed by atoms with Gasteiger partial charge in [0.15, 0.2) is 5.65 Å². The Hall–Kier alpha value is -3.76. The van der Waals surface area contributed by atoms with Crippen molar-refractivity contribution in [2.75, 3.05) is 24.8 Å². The Labute approximate surface area is 179 Å². The van der Waals surface area contributed by atoms with Crippen LogP contribution in [0.3, 0.4) is 0 Å². The molecule has 2 heterocycles. The maximum Gasteiger partial charge on any atom is 0.256 e. The van der Waals surface area contributed by atoms with Crippen LogP contribution in [0.4, 0.5) is 19.1 Å². The average molecular weight is 442 g/mol. The maximum atomic E-state index is 14.6. The summed E-state index contributed by atoms with van der Waals surface area (Å²) in [5, 5.41) is 19.3. The average Bonchev–Trinajstić information content (AvgIpc) is 2.77. The van der Waals surface area contributed by atoms with Crippen LogP contribution in [0, 0.1) is 17.5 Å². The van der Waals surface area contributed by atoms with Crippen molar-refractivity contribution in [1.82, 2.24) is 14.5 Å². The van der Waals surface area contributed by atoms with Gasteiger partial charge in [-0.25, -0.2) is 18.2 Å². The van der Waals surface area contributed by atoms with E-state index < -0.39 is 29.7 Å². The van der Waals surface area contributed by atoms with Crippen LogP contribution in [-0.4, -0.2) is 44.6 Å². The van der Waals surface area contributed by atoms with Crippen LogP contribution in [0.2, 0.25) is 0 Å². The summed E-state index contributed by atoms with van der Waals surface area (Å²) in [6.07, 6.45) is 0. The third kappa shape index (κ3) is 3.93. The fourth-order valence-corrected chi connectivity index (χ4v) is 3.35. The normalized spacial score (nSPS) is 11.2. The fraction of sp³-hybridized carbons (Fsp3) is 0.136. The van der Waals surface area contributed by atoms with Crippen LogP contribution in [-0.2, 0) is 0 Å². The molecule has 2 aromatic heterocycles. The molecule has 0 saturated carbocycles. The highest BCUT2D eigenvalue weighted by atomic mass is 19.1. The molecule has 32 heavy (non-hydrogen) atoms. The Morgan fingerprint density at radius 1 is 0.938 bits per heavy atom. The number of aromatic nitrogens is 3. The van der Waals surface area contributed by atoms with E-state index in [1.807, 2.05) is 0 Å². The summed E-state index contributed by atoms with van der Waals surface area (Å²) in [6, 6.07) is 10.9. The van der Waals surface area contributed by atoms with Gasteiger partial charge < -0.3 is 15.1 Å². The lowest BCUT2D eigenvalue weighted by atomic mass is 10.1. The number of aliphatic hydroxyl groups is 2. The Morgan fingerprint density at radius 2 is 1.72 bits per heavy atom. The van der Waals surface area contributed by atoms with Gasteiger partial charge in [-0.2, -0.15) is 4.98 Å². The van der Waals surface area contributed by atoms with E-state index in [0.717, 1.165) is 16.7 Å². The van der Waals surface area contributed by atoms with Gasteiger partial charge in [0.1, 0.15) is 24.2 Å². The van der Waals surface area contributed by atoms with Crippen molar-refractivity contribution in [2.24, 2.45) is 0 Å². The summed E-state index contributed by atoms with van der Waals surface area (Å²) < 4.78 is 42.9. The minimum Gasteiger partial charge on any atom is -0.395 e. The van der Waals surface area contributed by atoms with Gasteiger partial charge in [0.05, 0.1) is 18.0 Å². The molecule has 0 bridgehead atoms. The molecule has 0 radical (unpaired) electrons. The summed E-state index contributed by atoms with van der Waals surface area (Å²) >= 11 is 0. The van der Waals surface area contributed by atoms with E-state index in [1.54, 1.807) is 6.07 Å². The first-order valence-electron chi connectivity index (χ1n) is 9.54. The van der Waals surface area contributed by atoms with Crippen molar-refractivity contribution >= 4 is 17.0 Å². The second kappa shape index (κ2) is 8.77. The van der Waals surface area contributed by atoms with E-state index >= 15 is 0 Å². The molecule has 7 nitrogen and oxygen atoms in total. The minimum absolute atomic E-state index is 0.0351. The quantitative estimate of drug-likeness (QED) is 0.446. The molecule has 0 aliphatic carbocycles. The number of fused-ring (bicyclic) bond motifs is 1. The van der Waals surface area contributed by atoms with E-state index in [4.69, 9.17) is 0 Å². The van der Waals surface area contributed by atoms with Crippen molar-refractivity contribution in [3.05, 3.63) is 82.4 Å². The third-order valence-electron chi connectivity index (χ3n) is 4.81. The van der Waals surface area contributed by atoms with Gasteiger partial charge in [0.2, 0.25) is 5.95 Å². The fourth-order valence-electron chi connectivity index (χ4n) is 3.35. The largest absolute Gasteiger partial charge is 0.395 e. The second-order valence-electron chi connectivity index (χ2n) is 6.85. The summed E-state index contributed by atoms with van der Waals surface area (Å²) in [7, 11) is 0. The lowest BCUT2D eigenvalue weighted by Crippen LogP contribution is -2.30. The standard InChI is InChI=1S/C22H17F3N4O3/c23-14-3-1-2-13(10-14)20-16-5-7-19(32)29(18-6-4-15(24)11-17(18)25)21(16)27-22(26-20)28(12-31)8-9-30/h1-7,10-11,30-31H,8-9,12H2. The molecule has 4 aromatic rings. The number of benzene rings is 2. The molecule has 164 valence electrons. The lowest BCUT2D eigenvalue weighted by molar-refractivity contribution is 0.256. The number of anilines is 1. The number of hydrogen-bond donors (Lipinski definition) is 2.